The second-order valence-corrected chi connectivity index (χ2v) is 5.13. The first-order chi connectivity index (χ1) is 8.56. The maximum atomic E-state index is 11.0. The molecule has 0 bridgehead atoms. The van der Waals surface area contributed by atoms with Gasteiger partial charge in [0.15, 0.2) is 0 Å². The summed E-state index contributed by atoms with van der Waals surface area (Å²) in [5, 5.41) is 21.7. The van der Waals surface area contributed by atoms with Gasteiger partial charge in [0.1, 0.15) is 11.2 Å². The Morgan fingerprint density at radius 1 is 0.889 bits per heavy atom. The molecule has 2 heteroatoms. The Morgan fingerprint density at radius 3 is 2.17 bits per heavy atom. The molecule has 0 saturated carbocycles. The van der Waals surface area contributed by atoms with Crippen molar-refractivity contribution < 1.29 is 10.2 Å². The van der Waals surface area contributed by atoms with Crippen molar-refractivity contribution in [3.63, 3.8) is 0 Å². The standard InChI is InChI=1S/C16H16O2/c1-15(17)14-10-6-5-7-12(14)11-16(15,18)13-8-3-2-4-9-13/h2-10,17-18H,11H2,1H3/t15-,16?/m1/s1. The highest BCUT2D eigenvalue weighted by molar-refractivity contribution is 5.45. The topological polar surface area (TPSA) is 40.5 Å². The average molecular weight is 240 g/mol. The van der Waals surface area contributed by atoms with Crippen molar-refractivity contribution in [3.8, 4) is 0 Å². The quantitative estimate of drug-likeness (QED) is 0.803. The molecule has 0 heterocycles. The lowest BCUT2D eigenvalue weighted by Gasteiger charge is -2.36. The molecule has 2 N–H and O–H groups in total. The van der Waals surface area contributed by atoms with E-state index in [9.17, 15) is 10.2 Å². The summed E-state index contributed by atoms with van der Waals surface area (Å²) in [5.41, 5.74) is 0.0690. The van der Waals surface area contributed by atoms with E-state index < -0.39 is 11.2 Å². The zero-order valence-electron chi connectivity index (χ0n) is 10.3. The summed E-state index contributed by atoms with van der Waals surface area (Å²) in [7, 11) is 0. The molecule has 0 saturated heterocycles. The molecule has 1 unspecified atom stereocenters. The van der Waals surface area contributed by atoms with Crippen molar-refractivity contribution in [3.05, 3.63) is 71.3 Å². The third-order valence-electron chi connectivity index (χ3n) is 4.04. The molecule has 0 amide bonds. The number of fused-ring (bicyclic) bond motifs is 1. The average Bonchev–Trinajstić information content (AvgIpc) is 2.60. The fourth-order valence-corrected chi connectivity index (χ4v) is 2.92. The van der Waals surface area contributed by atoms with Crippen LogP contribution >= 0.6 is 0 Å². The molecule has 2 aromatic rings. The summed E-state index contributed by atoms with van der Waals surface area (Å²) in [6.07, 6.45) is 0.445. The number of rotatable bonds is 1. The Labute approximate surface area is 107 Å². The Kier molecular flexibility index (Phi) is 2.34. The van der Waals surface area contributed by atoms with Crippen molar-refractivity contribution in [1.82, 2.24) is 0 Å². The molecule has 0 fully saturated rings. The van der Waals surface area contributed by atoms with Gasteiger partial charge in [-0.1, -0.05) is 54.6 Å². The molecule has 2 nitrogen and oxygen atoms in total. The molecule has 0 radical (unpaired) electrons. The molecular weight excluding hydrogens is 224 g/mol. The fourth-order valence-electron chi connectivity index (χ4n) is 2.92. The van der Waals surface area contributed by atoms with Crippen LogP contribution in [0.4, 0.5) is 0 Å². The number of aliphatic hydroxyl groups is 2. The van der Waals surface area contributed by atoms with E-state index in [-0.39, 0.29) is 0 Å². The predicted octanol–water partition coefficient (Wildman–Crippen LogP) is 2.34. The smallest absolute Gasteiger partial charge is 0.126 e. The van der Waals surface area contributed by atoms with E-state index in [2.05, 4.69) is 0 Å². The van der Waals surface area contributed by atoms with E-state index in [0.717, 1.165) is 16.7 Å². The highest BCUT2D eigenvalue weighted by Crippen LogP contribution is 2.49. The molecular formula is C16H16O2. The van der Waals surface area contributed by atoms with E-state index in [4.69, 9.17) is 0 Å². The van der Waals surface area contributed by atoms with E-state index in [1.54, 1.807) is 6.92 Å². The second-order valence-electron chi connectivity index (χ2n) is 5.13. The van der Waals surface area contributed by atoms with Crippen LogP contribution in [0.5, 0.6) is 0 Å². The fraction of sp³-hybridized carbons (Fsp3) is 0.250. The van der Waals surface area contributed by atoms with E-state index in [1.165, 1.54) is 0 Å². The minimum Gasteiger partial charge on any atom is -0.382 e. The van der Waals surface area contributed by atoms with E-state index >= 15 is 0 Å². The SMILES string of the molecule is C[C@@]1(O)c2ccccc2CC1(O)c1ccccc1. The molecule has 2 atom stereocenters. The van der Waals surface area contributed by atoms with Crippen molar-refractivity contribution in [2.75, 3.05) is 0 Å². The van der Waals surface area contributed by atoms with Crippen LogP contribution in [-0.4, -0.2) is 10.2 Å². The van der Waals surface area contributed by atoms with Gasteiger partial charge in [0.05, 0.1) is 0 Å². The van der Waals surface area contributed by atoms with Crippen LogP contribution in [0.25, 0.3) is 0 Å². The normalized spacial score (nSPS) is 30.2. The van der Waals surface area contributed by atoms with Gasteiger partial charge in [-0.3, -0.25) is 0 Å². The molecule has 0 aromatic heterocycles. The van der Waals surface area contributed by atoms with Crippen molar-refractivity contribution in [2.45, 2.75) is 24.5 Å². The van der Waals surface area contributed by atoms with E-state index in [0.29, 0.717) is 6.42 Å². The van der Waals surface area contributed by atoms with Crippen LogP contribution in [0, 0.1) is 0 Å². The van der Waals surface area contributed by atoms with Gasteiger partial charge in [-0.15, -0.1) is 0 Å². The molecule has 2 aromatic carbocycles. The van der Waals surface area contributed by atoms with Gasteiger partial charge in [0.2, 0.25) is 0 Å². The van der Waals surface area contributed by atoms with Gasteiger partial charge >= 0.3 is 0 Å². The van der Waals surface area contributed by atoms with Crippen LogP contribution in [-0.2, 0) is 17.6 Å². The minimum atomic E-state index is -1.26. The lowest BCUT2D eigenvalue weighted by atomic mass is 9.79. The van der Waals surface area contributed by atoms with Crippen molar-refractivity contribution in [2.24, 2.45) is 0 Å². The number of hydrogen-bond donors (Lipinski definition) is 2. The highest BCUT2D eigenvalue weighted by Gasteiger charge is 2.53. The first kappa shape index (κ1) is 11.5. The van der Waals surface area contributed by atoms with Crippen molar-refractivity contribution >= 4 is 0 Å². The van der Waals surface area contributed by atoms with Gasteiger partial charge in [0, 0.05) is 6.42 Å². The Hall–Kier alpha value is -1.64. The summed E-state index contributed by atoms with van der Waals surface area (Å²) in [4.78, 5) is 0. The maximum absolute atomic E-state index is 11.0. The molecule has 1 aliphatic carbocycles. The Morgan fingerprint density at radius 2 is 1.50 bits per heavy atom. The lowest BCUT2D eigenvalue weighted by molar-refractivity contribution is -0.141. The van der Waals surface area contributed by atoms with Crippen molar-refractivity contribution in [1.29, 1.82) is 0 Å². The Bertz CT molecular complexity index is 575. The molecule has 0 spiro atoms. The zero-order chi connectivity index (χ0) is 12.8. The van der Waals surface area contributed by atoms with Crippen LogP contribution in [0.3, 0.4) is 0 Å². The van der Waals surface area contributed by atoms with Gasteiger partial charge in [-0.25, -0.2) is 0 Å². The molecule has 18 heavy (non-hydrogen) atoms. The van der Waals surface area contributed by atoms with Crippen LogP contribution in [0.2, 0.25) is 0 Å². The van der Waals surface area contributed by atoms with Crippen LogP contribution < -0.4 is 0 Å². The molecule has 1 aliphatic rings. The van der Waals surface area contributed by atoms with Gasteiger partial charge in [-0.2, -0.15) is 0 Å². The predicted molar refractivity (Wildman–Crippen MR) is 70.1 cm³/mol. The highest BCUT2D eigenvalue weighted by atomic mass is 16.4. The summed E-state index contributed by atoms with van der Waals surface area (Å²) >= 11 is 0. The summed E-state index contributed by atoms with van der Waals surface area (Å²) in [6.45, 7) is 1.69. The first-order valence-electron chi connectivity index (χ1n) is 6.14. The number of benzene rings is 2. The molecule has 3 rings (SSSR count). The van der Waals surface area contributed by atoms with Crippen LogP contribution in [0.1, 0.15) is 23.6 Å². The largest absolute Gasteiger partial charge is 0.382 e. The third kappa shape index (κ3) is 1.36. The third-order valence-corrected chi connectivity index (χ3v) is 4.04. The minimum absolute atomic E-state index is 0.445. The second kappa shape index (κ2) is 3.67. The van der Waals surface area contributed by atoms with Crippen LogP contribution in [0.15, 0.2) is 54.6 Å². The summed E-state index contributed by atoms with van der Waals surface area (Å²) in [6, 6.07) is 17.1. The first-order valence-corrected chi connectivity index (χ1v) is 6.14. The number of hydrogen-bond acceptors (Lipinski definition) is 2. The summed E-state index contributed by atoms with van der Waals surface area (Å²) in [5.74, 6) is 0. The van der Waals surface area contributed by atoms with E-state index in [1.807, 2.05) is 54.6 Å². The van der Waals surface area contributed by atoms with Gasteiger partial charge in [-0.05, 0) is 23.6 Å². The monoisotopic (exact) mass is 240 g/mol. The Balaban J connectivity index is 2.18. The van der Waals surface area contributed by atoms with Gasteiger partial charge < -0.3 is 10.2 Å². The summed E-state index contributed by atoms with van der Waals surface area (Å²) < 4.78 is 0. The molecule has 0 aliphatic heterocycles. The lowest BCUT2D eigenvalue weighted by Crippen LogP contribution is -2.44. The zero-order valence-corrected chi connectivity index (χ0v) is 10.3. The maximum Gasteiger partial charge on any atom is 0.126 e. The van der Waals surface area contributed by atoms with Gasteiger partial charge in [0.25, 0.3) is 0 Å². The molecule has 92 valence electrons.